The van der Waals surface area contributed by atoms with Crippen molar-refractivity contribution in [1.82, 2.24) is 15.0 Å². The predicted octanol–water partition coefficient (Wildman–Crippen LogP) is 2.87. The molecule has 134 valence electrons. The van der Waals surface area contributed by atoms with Gasteiger partial charge in [-0.15, -0.1) is 11.3 Å². The highest BCUT2D eigenvalue weighted by Crippen LogP contribution is 2.30. The monoisotopic (exact) mass is 378 g/mol. The maximum Gasteiger partial charge on any atom is 0.260 e. The van der Waals surface area contributed by atoms with Crippen LogP contribution in [0.3, 0.4) is 0 Å². The number of para-hydroxylation sites is 1. The van der Waals surface area contributed by atoms with E-state index in [4.69, 9.17) is 4.42 Å². The number of thiazole rings is 1. The third-order valence-electron chi connectivity index (χ3n) is 3.73. The molecule has 0 unspecified atom stereocenters. The van der Waals surface area contributed by atoms with Crippen molar-refractivity contribution in [3.05, 3.63) is 76.9 Å². The fourth-order valence-corrected chi connectivity index (χ4v) is 3.39. The second-order valence-corrected chi connectivity index (χ2v) is 6.68. The van der Waals surface area contributed by atoms with E-state index in [0.717, 1.165) is 15.2 Å². The van der Waals surface area contributed by atoms with Gasteiger partial charge in [0.15, 0.2) is 10.8 Å². The first-order valence-electron chi connectivity index (χ1n) is 8.12. The maximum atomic E-state index is 11.9. The molecule has 1 aromatic carbocycles. The van der Waals surface area contributed by atoms with Crippen LogP contribution >= 0.6 is 11.3 Å². The van der Waals surface area contributed by atoms with Crippen molar-refractivity contribution < 1.29 is 9.21 Å². The van der Waals surface area contributed by atoms with E-state index in [1.165, 1.54) is 16.8 Å². The molecule has 0 fully saturated rings. The van der Waals surface area contributed by atoms with E-state index >= 15 is 0 Å². The molecule has 4 aromatic rings. The molecule has 7 nitrogen and oxygen atoms in total. The molecule has 1 N–H and O–H groups in total. The Balaban J connectivity index is 1.41. The Morgan fingerprint density at radius 2 is 2.04 bits per heavy atom. The van der Waals surface area contributed by atoms with E-state index in [-0.39, 0.29) is 12.1 Å². The first-order chi connectivity index (χ1) is 13.2. The van der Waals surface area contributed by atoms with Gasteiger partial charge in [-0.05, 0) is 30.3 Å². The molecule has 8 heteroatoms. The molecule has 0 bridgehead atoms. The fraction of sp³-hybridized carbons (Fsp3) is 0.0526. The number of hydrogen-bond donors (Lipinski definition) is 1. The smallest absolute Gasteiger partial charge is 0.260 e. The lowest BCUT2D eigenvalue weighted by Crippen LogP contribution is -2.28. The van der Waals surface area contributed by atoms with Gasteiger partial charge < -0.3 is 8.98 Å². The lowest BCUT2D eigenvalue weighted by Gasteiger charge is -2.02. The van der Waals surface area contributed by atoms with Gasteiger partial charge in [0, 0.05) is 12.3 Å². The standard InChI is InChI=1S/C19H14N4O3S/c24-17(12-23-10-4-3-7-18(23)25)22-20-11-13-8-9-15(26-13)19-21-14-5-1-2-6-16(14)27-19/h1-11H,12H2,(H,22,24)/b20-11-. The van der Waals surface area contributed by atoms with E-state index in [1.54, 1.807) is 35.7 Å². The Kier molecular flexibility index (Phi) is 4.63. The number of aromatic nitrogens is 2. The van der Waals surface area contributed by atoms with Crippen molar-refractivity contribution in [3.8, 4) is 10.8 Å². The summed E-state index contributed by atoms with van der Waals surface area (Å²) in [7, 11) is 0. The molecular formula is C19H14N4O3S. The number of pyridine rings is 1. The first-order valence-corrected chi connectivity index (χ1v) is 8.94. The molecule has 3 heterocycles. The summed E-state index contributed by atoms with van der Waals surface area (Å²) in [5.41, 5.74) is 3.05. The number of hydrazone groups is 1. The molecule has 0 aliphatic heterocycles. The largest absolute Gasteiger partial charge is 0.453 e. The summed E-state index contributed by atoms with van der Waals surface area (Å²) in [6.07, 6.45) is 2.95. The highest BCUT2D eigenvalue weighted by atomic mass is 32.1. The topological polar surface area (TPSA) is 89.5 Å². The molecular weight excluding hydrogens is 364 g/mol. The number of rotatable bonds is 5. The van der Waals surface area contributed by atoms with Crippen molar-refractivity contribution in [1.29, 1.82) is 0 Å². The highest BCUT2D eigenvalue weighted by molar-refractivity contribution is 7.21. The molecule has 0 spiro atoms. The zero-order valence-electron chi connectivity index (χ0n) is 14.0. The van der Waals surface area contributed by atoms with Crippen LogP contribution in [0.25, 0.3) is 21.0 Å². The summed E-state index contributed by atoms with van der Waals surface area (Å²) in [6.45, 7) is -0.105. The number of furan rings is 1. The number of carbonyl (C=O) groups excluding carboxylic acids is 1. The van der Waals surface area contributed by atoms with Crippen molar-refractivity contribution in [3.63, 3.8) is 0 Å². The van der Waals surface area contributed by atoms with Gasteiger partial charge in [-0.2, -0.15) is 5.10 Å². The van der Waals surface area contributed by atoms with E-state index < -0.39 is 5.91 Å². The maximum absolute atomic E-state index is 11.9. The van der Waals surface area contributed by atoms with Gasteiger partial charge in [-0.25, -0.2) is 10.4 Å². The molecule has 0 aliphatic carbocycles. The summed E-state index contributed by atoms with van der Waals surface area (Å²) < 4.78 is 8.09. The van der Waals surface area contributed by atoms with E-state index in [2.05, 4.69) is 15.5 Å². The Bertz CT molecular complexity index is 1160. The minimum atomic E-state index is -0.405. The average molecular weight is 378 g/mol. The minimum absolute atomic E-state index is 0.105. The lowest BCUT2D eigenvalue weighted by atomic mass is 10.3. The van der Waals surface area contributed by atoms with Gasteiger partial charge in [-0.1, -0.05) is 18.2 Å². The highest BCUT2D eigenvalue weighted by Gasteiger charge is 2.09. The molecule has 0 saturated heterocycles. The summed E-state index contributed by atoms with van der Waals surface area (Å²) in [4.78, 5) is 28.0. The van der Waals surface area contributed by atoms with E-state index in [1.807, 2.05) is 30.3 Å². The second-order valence-electron chi connectivity index (χ2n) is 5.65. The SMILES string of the molecule is O=C(Cn1ccccc1=O)N/N=C\c1ccc(-c2nc3ccccc3s2)o1. The van der Waals surface area contributed by atoms with Crippen LogP contribution in [0.5, 0.6) is 0 Å². The molecule has 27 heavy (non-hydrogen) atoms. The zero-order valence-corrected chi connectivity index (χ0v) is 14.8. The molecule has 0 saturated carbocycles. The third kappa shape index (κ3) is 3.85. The fourth-order valence-electron chi connectivity index (χ4n) is 2.46. The van der Waals surface area contributed by atoms with Gasteiger partial charge in [-0.3, -0.25) is 9.59 Å². The van der Waals surface area contributed by atoms with Gasteiger partial charge in [0.2, 0.25) is 0 Å². The number of benzene rings is 1. The lowest BCUT2D eigenvalue weighted by molar-refractivity contribution is -0.121. The number of nitrogens with zero attached hydrogens (tertiary/aromatic N) is 3. The van der Waals surface area contributed by atoms with Crippen LogP contribution in [-0.4, -0.2) is 21.7 Å². The Hall–Kier alpha value is -3.52. The molecule has 0 atom stereocenters. The van der Waals surface area contributed by atoms with Crippen molar-refractivity contribution in [2.24, 2.45) is 5.10 Å². The number of carbonyl (C=O) groups is 1. The van der Waals surface area contributed by atoms with Gasteiger partial charge in [0.05, 0.1) is 16.4 Å². The zero-order chi connectivity index (χ0) is 18.6. The number of nitrogens with one attached hydrogen (secondary N) is 1. The number of fused-ring (bicyclic) bond motifs is 1. The van der Waals surface area contributed by atoms with Gasteiger partial charge in [0.1, 0.15) is 12.3 Å². The molecule has 0 radical (unpaired) electrons. The van der Waals surface area contributed by atoms with Crippen LogP contribution < -0.4 is 11.0 Å². The second kappa shape index (κ2) is 7.38. The Labute approximate surface area is 157 Å². The summed E-state index contributed by atoms with van der Waals surface area (Å²) >= 11 is 1.54. The Morgan fingerprint density at radius 1 is 1.19 bits per heavy atom. The van der Waals surface area contributed by atoms with Crippen LogP contribution in [0.15, 0.2) is 75.1 Å². The van der Waals surface area contributed by atoms with Crippen LogP contribution in [-0.2, 0) is 11.3 Å². The van der Waals surface area contributed by atoms with E-state index in [9.17, 15) is 9.59 Å². The molecule has 1 amide bonds. The van der Waals surface area contributed by atoms with Gasteiger partial charge >= 0.3 is 0 Å². The molecule has 0 aliphatic rings. The summed E-state index contributed by atoms with van der Waals surface area (Å²) in [6, 6.07) is 16.1. The molecule has 3 aromatic heterocycles. The van der Waals surface area contributed by atoms with Crippen LogP contribution in [0.4, 0.5) is 0 Å². The van der Waals surface area contributed by atoms with E-state index in [0.29, 0.717) is 11.5 Å². The van der Waals surface area contributed by atoms with Crippen LogP contribution in [0.1, 0.15) is 5.76 Å². The molecule has 4 rings (SSSR count). The van der Waals surface area contributed by atoms with Crippen LogP contribution in [0, 0.1) is 0 Å². The quantitative estimate of drug-likeness (QED) is 0.427. The number of amides is 1. The Morgan fingerprint density at radius 3 is 2.89 bits per heavy atom. The predicted molar refractivity (Wildman–Crippen MR) is 104 cm³/mol. The first kappa shape index (κ1) is 16.9. The summed E-state index contributed by atoms with van der Waals surface area (Å²) in [5.74, 6) is 0.721. The van der Waals surface area contributed by atoms with Crippen molar-refractivity contribution in [2.45, 2.75) is 6.54 Å². The average Bonchev–Trinajstić information content (AvgIpc) is 3.30. The summed E-state index contributed by atoms with van der Waals surface area (Å²) in [5, 5.41) is 4.65. The normalized spacial score (nSPS) is 11.3. The minimum Gasteiger partial charge on any atom is -0.453 e. The van der Waals surface area contributed by atoms with Crippen molar-refractivity contribution in [2.75, 3.05) is 0 Å². The van der Waals surface area contributed by atoms with Gasteiger partial charge in [0.25, 0.3) is 11.5 Å². The third-order valence-corrected chi connectivity index (χ3v) is 4.78. The van der Waals surface area contributed by atoms with Crippen LogP contribution in [0.2, 0.25) is 0 Å². The van der Waals surface area contributed by atoms with Crippen molar-refractivity contribution >= 4 is 33.7 Å². The number of hydrogen-bond acceptors (Lipinski definition) is 6.